The van der Waals surface area contributed by atoms with Crippen molar-refractivity contribution in [1.29, 1.82) is 0 Å². The Morgan fingerprint density at radius 2 is 2.26 bits per heavy atom. The minimum absolute atomic E-state index is 0.112. The molecule has 6 heteroatoms. The molecule has 19 heavy (non-hydrogen) atoms. The van der Waals surface area contributed by atoms with Crippen LogP contribution < -0.4 is 0 Å². The van der Waals surface area contributed by atoms with Gasteiger partial charge in [-0.3, -0.25) is 4.79 Å². The number of rotatable bonds is 3. The van der Waals surface area contributed by atoms with E-state index < -0.39 is 0 Å². The van der Waals surface area contributed by atoms with Crippen molar-refractivity contribution < 1.29 is 9.90 Å². The average Bonchev–Trinajstić information content (AvgIpc) is 2.74. The molecule has 0 saturated heterocycles. The smallest absolute Gasteiger partial charge is 0.257 e. The van der Waals surface area contributed by atoms with Crippen molar-refractivity contribution in [2.75, 3.05) is 7.05 Å². The highest BCUT2D eigenvalue weighted by Crippen LogP contribution is 2.23. The van der Waals surface area contributed by atoms with Gasteiger partial charge in [0.1, 0.15) is 5.75 Å². The molecule has 1 amide bonds. The fraction of sp³-hybridized carbons (Fsp3) is 0.231. The average molecular weight is 297 g/mol. The van der Waals surface area contributed by atoms with Gasteiger partial charge in [0, 0.05) is 17.5 Å². The summed E-state index contributed by atoms with van der Waals surface area (Å²) in [6.07, 6.45) is 0. The Balaban J connectivity index is 2.14. The van der Waals surface area contributed by atoms with Crippen LogP contribution in [0.2, 0.25) is 5.02 Å². The number of phenolic OH excluding ortho intramolecular Hbond substituents is 1. The molecule has 0 radical (unpaired) electrons. The summed E-state index contributed by atoms with van der Waals surface area (Å²) in [5.74, 6) is -0.376. The Bertz CT molecular complexity index is 612. The van der Waals surface area contributed by atoms with Crippen molar-refractivity contribution in [3.8, 4) is 5.75 Å². The third-order valence-electron chi connectivity index (χ3n) is 2.60. The van der Waals surface area contributed by atoms with Crippen LogP contribution >= 0.6 is 22.9 Å². The summed E-state index contributed by atoms with van der Waals surface area (Å²) >= 11 is 7.28. The molecule has 0 aliphatic heterocycles. The predicted octanol–water partition coefficient (Wildman–Crippen LogP) is 3.08. The van der Waals surface area contributed by atoms with E-state index in [1.807, 2.05) is 12.3 Å². The SMILES string of the molecule is Cc1nc(CN(C)C(=O)c2ccc(Cl)cc2O)cs1. The Hall–Kier alpha value is -1.59. The molecule has 1 aromatic carbocycles. The molecule has 0 bridgehead atoms. The second-order valence-corrected chi connectivity index (χ2v) is 5.68. The number of hydrogen-bond acceptors (Lipinski definition) is 4. The number of phenols is 1. The van der Waals surface area contributed by atoms with Gasteiger partial charge in [0.15, 0.2) is 0 Å². The summed E-state index contributed by atoms with van der Waals surface area (Å²) in [6, 6.07) is 4.45. The van der Waals surface area contributed by atoms with Gasteiger partial charge < -0.3 is 10.0 Å². The quantitative estimate of drug-likeness (QED) is 0.947. The van der Waals surface area contributed by atoms with Crippen molar-refractivity contribution in [3.63, 3.8) is 0 Å². The molecule has 1 N–H and O–H groups in total. The van der Waals surface area contributed by atoms with Gasteiger partial charge in [-0.25, -0.2) is 4.98 Å². The molecular weight excluding hydrogens is 284 g/mol. The first-order valence-electron chi connectivity index (χ1n) is 5.62. The zero-order chi connectivity index (χ0) is 14.0. The number of nitrogens with zero attached hydrogens (tertiary/aromatic N) is 2. The van der Waals surface area contributed by atoms with Crippen molar-refractivity contribution >= 4 is 28.8 Å². The minimum Gasteiger partial charge on any atom is -0.507 e. The maximum Gasteiger partial charge on any atom is 0.257 e. The molecule has 1 aromatic heterocycles. The van der Waals surface area contributed by atoms with E-state index in [0.29, 0.717) is 11.6 Å². The summed E-state index contributed by atoms with van der Waals surface area (Å²) in [5, 5.41) is 13.0. The summed E-state index contributed by atoms with van der Waals surface area (Å²) in [7, 11) is 1.67. The highest BCUT2D eigenvalue weighted by molar-refractivity contribution is 7.09. The highest BCUT2D eigenvalue weighted by atomic mass is 35.5. The van der Waals surface area contributed by atoms with E-state index >= 15 is 0 Å². The van der Waals surface area contributed by atoms with Crippen molar-refractivity contribution in [3.05, 3.63) is 44.9 Å². The van der Waals surface area contributed by atoms with E-state index in [-0.39, 0.29) is 17.2 Å². The summed E-state index contributed by atoms with van der Waals surface area (Å²) < 4.78 is 0. The Morgan fingerprint density at radius 1 is 1.53 bits per heavy atom. The number of hydrogen-bond donors (Lipinski definition) is 1. The molecule has 0 aliphatic carbocycles. The van der Waals surface area contributed by atoms with E-state index in [2.05, 4.69) is 4.98 Å². The van der Waals surface area contributed by atoms with Crippen LogP contribution in [0.1, 0.15) is 21.1 Å². The molecule has 1 heterocycles. The zero-order valence-corrected chi connectivity index (χ0v) is 12.1. The lowest BCUT2D eigenvalue weighted by Crippen LogP contribution is -2.26. The largest absolute Gasteiger partial charge is 0.507 e. The van der Waals surface area contributed by atoms with Gasteiger partial charge in [-0.05, 0) is 25.1 Å². The maximum absolute atomic E-state index is 12.2. The zero-order valence-electron chi connectivity index (χ0n) is 10.6. The molecule has 0 spiro atoms. The molecule has 0 fully saturated rings. The van der Waals surface area contributed by atoms with Crippen molar-refractivity contribution in [1.82, 2.24) is 9.88 Å². The minimum atomic E-state index is -0.264. The van der Waals surface area contributed by atoms with Crippen LogP contribution in [0.15, 0.2) is 23.6 Å². The first-order valence-corrected chi connectivity index (χ1v) is 6.88. The second kappa shape index (κ2) is 5.59. The molecule has 4 nitrogen and oxygen atoms in total. The van der Waals surface area contributed by atoms with E-state index in [9.17, 15) is 9.90 Å². The number of aromatic nitrogens is 1. The van der Waals surface area contributed by atoms with Gasteiger partial charge in [-0.15, -0.1) is 11.3 Å². The lowest BCUT2D eigenvalue weighted by molar-refractivity contribution is 0.0780. The van der Waals surface area contributed by atoms with Crippen molar-refractivity contribution in [2.45, 2.75) is 13.5 Å². The number of aromatic hydroxyl groups is 1. The lowest BCUT2D eigenvalue weighted by atomic mass is 10.1. The predicted molar refractivity (Wildman–Crippen MR) is 75.8 cm³/mol. The van der Waals surface area contributed by atoms with E-state index in [4.69, 9.17) is 11.6 Å². The van der Waals surface area contributed by atoms with E-state index in [0.717, 1.165) is 10.7 Å². The fourth-order valence-corrected chi connectivity index (χ4v) is 2.46. The lowest BCUT2D eigenvalue weighted by Gasteiger charge is -2.16. The number of aryl methyl sites for hydroxylation is 1. The molecule has 0 aliphatic rings. The van der Waals surface area contributed by atoms with Gasteiger partial charge in [-0.2, -0.15) is 0 Å². The third kappa shape index (κ3) is 3.24. The van der Waals surface area contributed by atoms with Gasteiger partial charge in [-0.1, -0.05) is 11.6 Å². The van der Waals surface area contributed by atoms with Crippen LogP contribution in [0.25, 0.3) is 0 Å². The maximum atomic E-state index is 12.2. The van der Waals surface area contributed by atoms with Crippen LogP contribution in [-0.4, -0.2) is 27.9 Å². The van der Waals surface area contributed by atoms with Crippen LogP contribution in [0.4, 0.5) is 0 Å². The molecular formula is C13H13ClN2O2S. The number of benzene rings is 1. The molecule has 2 rings (SSSR count). The summed E-state index contributed by atoms with van der Waals surface area (Å²) in [5.41, 5.74) is 1.07. The van der Waals surface area contributed by atoms with Crippen molar-refractivity contribution in [2.24, 2.45) is 0 Å². The molecule has 0 atom stereocenters. The van der Waals surface area contributed by atoms with Crippen LogP contribution in [-0.2, 0) is 6.54 Å². The molecule has 0 saturated carbocycles. The highest BCUT2D eigenvalue weighted by Gasteiger charge is 2.17. The van der Waals surface area contributed by atoms with Gasteiger partial charge in [0.2, 0.25) is 0 Å². The number of thiazole rings is 1. The molecule has 2 aromatic rings. The second-order valence-electron chi connectivity index (χ2n) is 4.18. The monoisotopic (exact) mass is 296 g/mol. The topological polar surface area (TPSA) is 53.4 Å². The summed E-state index contributed by atoms with van der Waals surface area (Å²) in [4.78, 5) is 18.0. The Morgan fingerprint density at radius 3 is 2.84 bits per heavy atom. The Kier molecular flexibility index (Phi) is 4.07. The van der Waals surface area contributed by atoms with E-state index in [1.165, 1.54) is 17.0 Å². The summed E-state index contributed by atoms with van der Waals surface area (Å²) in [6.45, 7) is 2.33. The third-order valence-corrected chi connectivity index (χ3v) is 3.66. The standard InChI is InChI=1S/C13H13ClN2O2S/c1-8-15-10(7-19-8)6-16(2)13(18)11-4-3-9(14)5-12(11)17/h3-5,7,17H,6H2,1-2H3. The number of carbonyl (C=O) groups is 1. The molecule has 0 unspecified atom stereocenters. The van der Waals surface area contributed by atoms with Gasteiger partial charge >= 0.3 is 0 Å². The normalized spacial score (nSPS) is 10.5. The van der Waals surface area contributed by atoms with Gasteiger partial charge in [0.05, 0.1) is 22.8 Å². The first-order chi connectivity index (χ1) is 8.97. The van der Waals surface area contributed by atoms with Crippen LogP contribution in [0, 0.1) is 6.92 Å². The van der Waals surface area contributed by atoms with E-state index in [1.54, 1.807) is 24.5 Å². The van der Waals surface area contributed by atoms with Gasteiger partial charge in [0.25, 0.3) is 5.91 Å². The number of halogens is 1. The fourth-order valence-electron chi connectivity index (χ4n) is 1.69. The number of amides is 1. The van der Waals surface area contributed by atoms with Crippen LogP contribution in [0.3, 0.4) is 0 Å². The van der Waals surface area contributed by atoms with Crippen LogP contribution in [0.5, 0.6) is 5.75 Å². The number of carbonyl (C=O) groups excluding carboxylic acids is 1. The molecule has 100 valence electrons. The first kappa shape index (κ1) is 13.8. The Labute approximate surface area is 120 Å².